The van der Waals surface area contributed by atoms with Gasteiger partial charge in [0.15, 0.2) is 0 Å². The third-order valence-corrected chi connectivity index (χ3v) is 2.31. The van der Waals surface area contributed by atoms with Crippen LogP contribution in [0.25, 0.3) is 0 Å². The molecule has 1 aromatic rings. The van der Waals surface area contributed by atoms with Gasteiger partial charge in [0.25, 0.3) is 5.85 Å². The maximum atomic E-state index is 5.84. The van der Waals surface area contributed by atoms with E-state index in [0.717, 1.165) is 0 Å². The number of hydrogen-bond donors (Lipinski definition) is 3. The molecule has 2 rings (SSSR count). The Bertz CT molecular complexity index is 416. The average Bonchev–Trinajstić information content (AvgIpc) is 2.46. The molecule has 0 fully saturated rings. The molecule has 0 saturated heterocycles. The lowest BCUT2D eigenvalue weighted by Gasteiger charge is -2.18. The Morgan fingerprint density at radius 2 is 1.87 bits per heavy atom. The summed E-state index contributed by atoms with van der Waals surface area (Å²) < 4.78 is 0. The number of nitrogens with two attached hydrogens (primary N) is 2. The molecule has 0 radical (unpaired) electrons. The molecule has 0 saturated carbocycles. The molecule has 5 nitrogen and oxygen atoms in total. The summed E-state index contributed by atoms with van der Waals surface area (Å²) in [4.78, 5) is 8.93. The van der Waals surface area contributed by atoms with Crippen LogP contribution in [-0.4, -0.2) is 5.96 Å². The minimum absolute atomic E-state index is 0.105. The summed E-state index contributed by atoms with van der Waals surface area (Å²) in [6.45, 7) is 0. The van der Waals surface area contributed by atoms with Crippen molar-refractivity contribution in [3.05, 3.63) is 33.8 Å². The zero-order chi connectivity index (χ0) is 11.1. The van der Waals surface area contributed by atoms with Gasteiger partial charge in [-0.05, 0) is 18.2 Å². The molecule has 0 bridgehead atoms. The van der Waals surface area contributed by atoms with Crippen molar-refractivity contribution >= 4 is 29.2 Å². The van der Waals surface area contributed by atoms with Crippen LogP contribution in [-0.2, 0) is 10.7 Å². The molecule has 0 aliphatic carbocycles. The maximum Gasteiger partial charge on any atom is 0.267 e. The summed E-state index contributed by atoms with van der Waals surface area (Å²) in [5, 5.41) is 0.901. The molecule has 1 aliphatic heterocycles. The number of nitrogens with zero attached hydrogens (tertiary/aromatic N) is 1. The van der Waals surface area contributed by atoms with E-state index in [9.17, 15) is 0 Å². The van der Waals surface area contributed by atoms with Crippen molar-refractivity contribution in [3.63, 3.8) is 0 Å². The van der Waals surface area contributed by atoms with Crippen molar-refractivity contribution in [1.29, 1.82) is 0 Å². The fourth-order valence-electron chi connectivity index (χ4n) is 1.24. The molecular formula is C8H8Cl2N4O. The molecule has 1 unspecified atom stereocenters. The van der Waals surface area contributed by atoms with Gasteiger partial charge in [0.05, 0.1) is 0 Å². The molecular weight excluding hydrogens is 239 g/mol. The number of hydroxylamine groups is 1. The van der Waals surface area contributed by atoms with Gasteiger partial charge in [-0.2, -0.15) is 4.99 Å². The Morgan fingerprint density at radius 3 is 2.33 bits per heavy atom. The predicted molar refractivity (Wildman–Crippen MR) is 58.2 cm³/mol. The standard InChI is InChI=1S/C8H8Cl2N4O/c9-5-1-4(2-6(10)3-5)8(12)13-7(11)14-15-8/h1-3H,12H2,(H3,11,13,14). The first-order chi connectivity index (χ1) is 6.99. The van der Waals surface area contributed by atoms with Crippen molar-refractivity contribution in [2.24, 2.45) is 16.5 Å². The van der Waals surface area contributed by atoms with Gasteiger partial charge in [-0.3, -0.25) is 5.73 Å². The maximum absolute atomic E-state index is 5.84. The summed E-state index contributed by atoms with van der Waals surface area (Å²) in [5.74, 6) is -1.27. The molecule has 1 aliphatic rings. The number of aliphatic imine (C=N–C) groups is 1. The van der Waals surface area contributed by atoms with Gasteiger partial charge in [0, 0.05) is 15.6 Å². The summed E-state index contributed by atoms with van der Waals surface area (Å²) in [6, 6.07) is 4.81. The Balaban J connectivity index is 2.45. The van der Waals surface area contributed by atoms with Crippen molar-refractivity contribution in [2.45, 2.75) is 5.85 Å². The highest BCUT2D eigenvalue weighted by Gasteiger charge is 2.34. The van der Waals surface area contributed by atoms with Crippen molar-refractivity contribution < 1.29 is 4.84 Å². The zero-order valence-corrected chi connectivity index (χ0v) is 9.01. The van der Waals surface area contributed by atoms with Crippen LogP contribution in [0.5, 0.6) is 0 Å². The SMILES string of the molecule is NC1=NC(N)(c2cc(Cl)cc(Cl)c2)ON1. The second-order valence-corrected chi connectivity index (χ2v) is 3.93. The van der Waals surface area contributed by atoms with Crippen LogP contribution in [0.15, 0.2) is 23.2 Å². The fraction of sp³-hybridized carbons (Fsp3) is 0.125. The molecule has 0 aromatic heterocycles. The molecule has 7 heteroatoms. The third kappa shape index (κ3) is 2.00. The van der Waals surface area contributed by atoms with Gasteiger partial charge < -0.3 is 5.73 Å². The van der Waals surface area contributed by atoms with E-state index >= 15 is 0 Å². The van der Waals surface area contributed by atoms with Crippen LogP contribution in [0.3, 0.4) is 0 Å². The highest BCUT2D eigenvalue weighted by molar-refractivity contribution is 6.34. The van der Waals surface area contributed by atoms with E-state index in [1.54, 1.807) is 18.2 Å². The van der Waals surface area contributed by atoms with Crippen LogP contribution in [0, 0.1) is 0 Å². The summed E-state index contributed by atoms with van der Waals surface area (Å²) in [7, 11) is 0. The number of halogens is 2. The first-order valence-electron chi connectivity index (χ1n) is 4.04. The summed E-state index contributed by atoms with van der Waals surface area (Å²) in [6.07, 6.45) is 0. The van der Waals surface area contributed by atoms with E-state index in [4.69, 9.17) is 39.5 Å². The number of nitrogens with one attached hydrogen (secondary N) is 1. The highest BCUT2D eigenvalue weighted by atomic mass is 35.5. The summed E-state index contributed by atoms with van der Waals surface area (Å²) >= 11 is 11.7. The topological polar surface area (TPSA) is 85.7 Å². The monoisotopic (exact) mass is 246 g/mol. The van der Waals surface area contributed by atoms with Gasteiger partial charge in [0.2, 0.25) is 5.96 Å². The minimum atomic E-state index is -1.38. The van der Waals surface area contributed by atoms with Crippen LogP contribution in [0.2, 0.25) is 10.0 Å². The zero-order valence-electron chi connectivity index (χ0n) is 7.50. The molecule has 0 spiro atoms. The van der Waals surface area contributed by atoms with Crippen molar-refractivity contribution in [1.82, 2.24) is 5.48 Å². The van der Waals surface area contributed by atoms with Crippen LogP contribution < -0.4 is 16.9 Å². The van der Waals surface area contributed by atoms with E-state index in [1.165, 1.54) is 0 Å². The Kier molecular flexibility index (Phi) is 2.47. The van der Waals surface area contributed by atoms with Gasteiger partial charge >= 0.3 is 0 Å². The second kappa shape index (κ2) is 3.53. The minimum Gasteiger partial charge on any atom is -0.368 e. The van der Waals surface area contributed by atoms with Crippen molar-refractivity contribution in [2.75, 3.05) is 0 Å². The van der Waals surface area contributed by atoms with E-state index in [0.29, 0.717) is 15.6 Å². The van der Waals surface area contributed by atoms with Gasteiger partial charge in [-0.25, -0.2) is 10.3 Å². The van der Waals surface area contributed by atoms with Gasteiger partial charge in [-0.1, -0.05) is 23.2 Å². The molecule has 1 atom stereocenters. The predicted octanol–water partition coefficient (Wildman–Crippen LogP) is 0.912. The Labute approximate surface area is 96.0 Å². The fourth-order valence-corrected chi connectivity index (χ4v) is 1.76. The quantitative estimate of drug-likeness (QED) is 0.688. The average molecular weight is 247 g/mol. The Morgan fingerprint density at radius 1 is 1.27 bits per heavy atom. The van der Waals surface area contributed by atoms with Crippen LogP contribution >= 0.6 is 23.2 Å². The van der Waals surface area contributed by atoms with Crippen molar-refractivity contribution in [3.8, 4) is 0 Å². The number of benzene rings is 1. The first kappa shape index (κ1) is 10.5. The lowest BCUT2D eigenvalue weighted by molar-refractivity contribution is -0.0550. The summed E-state index contributed by atoms with van der Waals surface area (Å²) in [5.41, 5.74) is 14.1. The van der Waals surface area contributed by atoms with E-state index in [-0.39, 0.29) is 5.96 Å². The second-order valence-electron chi connectivity index (χ2n) is 3.06. The molecule has 1 heterocycles. The Hall–Kier alpha value is -1.01. The normalized spacial score (nSPS) is 24.9. The van der Waals surface area contributed by atoms with Crippen LogP contribution in [0.4, 0.5) is 0 Å². The molecule has 1 aromatic carbocycles. The van der Waals surface area contributed by atoms with E-state index in [1.807, 2.05) is 0 Å². The molecule has 5 N–H and O–H groups in total. The van der Waals surface area contributed by atoms with Crippen LogP contribution in [0.1, 0.15) is 5.56 Å². The largest absolute Gasteiger partial charge is 0.368 e. The third-order valence-electron chi connectivity index (χ3n) is 1.87. The van der Waals surface area contributed by atoms with E-state index in [2.05, 4.69) is 10.5 Å². The number of hydrogen-bond acceptors (Lipinski definition) is 5. The van der Waals surface area contributed by atoms with E-state index < -0.39 is 5.85 Å². The molecule has 15 heavy (non-hydrogen) atoms. The highest BCUT2D eigenvalue weighted by Crippen LogP contribution is 2.28. The lowest BCUT2D eigenvalue weighted by Crippen LogP contribution is -2.37. The van der Waals surface area contributed by atoms with Gasteiger partial charge in [-0.15, -0.1) is 0 Å². The smallest absolute Gasteiger partial charge is 0.267 e. The van der Waals surface area contributed by atoms with Gasteiger partial charge in [0.1, 0.15) is 0 Å². The molecule has 80 valence electrons. The molecule has 0 amide bonds. The number of rotatable bonds is 1. The first-order valence-corrected chi connectivity index (χ1v) is 4.80. The lowest BCUT2D eigenvalue weighted by atomic mass is 10.1. The number of guanidine groups is 1.